The van der Waals surface area contributed by atoms with E-state index in [-0.39, 0.29) is 6.04 Å². The number of nitrogens with two attached hydrogens (primary N) is 1. The van der Waals surface area contributed by atoms with Crippen LogP contribution in [0.25, 0.3) is 0 Å². The number of aryl methyl sites for hydroxylation is 2. The molecule has 4 nitrogen and oxygen atoms in total. The minimum atomic E-state index is 0.289. The summed E-state index contributed by atoms with van der Waals surface area (Å²) in [6.07, 6.45) is 5.97. The molecule has 78 valence electrons. The Balaban J connectivity index is 2.21. The van der Waals surface area contributed by atoms with Gasteiger partial charge in [0, 0.05) is 18.8 Å². The van der Waals surface area contributed by atoms with Crippen molar-refractivity contribution in [2.45, 2.75) is 32.2 Å². The molecule has 1 unspecified atom stereocenters. The van der Waals surface area contributed by atoms with Crippen LogP contribution in [-0.2, 0) is 7.05 Å². The van der Waals surface area contributed by atoms with Crippen molar-refractivity contribution < 1.29 is 0 Å². The van der Waals surface area contributed by atoms with Crippen LogP contribution in [0.4, 0.5) is 0 Å². The Kier molecular flexibility index (Phi) is 2.56. The second kappa shape index (κ2) is 3.71. The number of hydrogen-bond donors (Lipinski definition) is 2. The van der Waals surface area contributed by atoms with Crippen molar-refractivity contribution in [3.63, 3.8) is 0 Å². The number of nitrogens with one attached hydrogen (secondary N) is 1. The molecule has 1 aromatic rings. The topological polar surface area (TPSA) is 55.9 Å². The normalized spacial score (nSPS) is 19.4. The molecule has 3 N–H and O–H groups in total. The molecule has 1 saturated carbocycles. The van der Waals surface area contributed by atoms with Crippen LogP contribution < -0.4 is 11.3 Å². The van der Waals surface area contributed by atoms with E-state index in [2.05, 4.69) is 16.7 Å². The van der Waals surface area contributed by atoms with Crippen molar-refractivity contribution in [1.29, 1.82) is 0 Å². The maximum Gasteiger partial charge on any atom is 0.0642 e. The fraction of sp³-hybridized carbons (Fsp3) is 0.700. The van der Waals surface area contributed by atoms with Crippen molar-refractivity contribution >= 4 is 0 Å². The maximum atomic E-state index is 5.61. The summed E-state index contributed by atoms with van der Waals surface area (Å²) in [6, 6.07) is 0.289. The molecule has 0 radical (unpaired) electrons. The largest absolute Gasteiger partial charge is 0.275 e. The fourth-order valence-electron chi connectivity index (χ4n) is 2.18. The van der Waals surface area contributed by atoms with E-state index in [9.17, 15) is 0 Å². The molecule has 0 saturated heterocycles. The van der Waals surface area contributed by atoms with E-state index >= 15 is 0 Å². The van der Waals surface area contributed by atoms with Gasteiger partial charge in [-0.25, -0.2) is 0 Å². The second-order valence-electron chi connectivity index (χ2n) is 4.18. The van der Waals surface area contributed by atoms with Crippen LogP contribution in [0.5, 0.6) is 0 Å². The Morgan fingerprint density at radius 2 is 2.36 bits per heavy atom. The van der Waals surface area contributed by atoms with Crippen molar-refractivity contribution in [1.82, 2.24) is 15.2 Å². The third-order valence-corrected chi connectivity index (χ3v) is 3.19. The minimum Gasteiger partial charge on any atom is -0.275 e. The Morgan fingerprint density at radius 1 is 1.64 bits per heavy atom. The zero-order valence-corrected chi connectivity index (χ0v) is 8.83. The molecule has 0 spiro atoms. The minimum absolute atomic E-state index is 0.289. The first kappa shape index (κ1) is 9.68. The first-order valence-electron chi connectivity index (χ1n) is 5.18. The van der Waals surface area contributed by atoms with Crippen molar-refractivity contribution in [2.24, 2.45) is 18.8 Å². The number of rotatable bonds is 3. The average Bonchev–Trinajstić information content (AvgIpc) is 2.37. The van der Waals surface area contributed by atoms with Gasteiger partial charge in [0.2, 0.25) is 0 Å². The summed E-state index contributed by atoms with van der Waals surface area (Å²) in [6.45, 7) is 2.04. The molecule has 1 heterocycles. The summed E-state index contributed by atoms with van der Waals surface area (Å²) in [5, 5.41) is 4.34. The van der Waals surface area contributed by atoms with Gasteiger partial charge in [-0.2, -0.15) is 5.10 Å². The molecular formula is C10H18N4. The van der Waals surface area contributed by atoms with Crippen molar-refractivity contribution in [3.8, 4) is 0 Å². The number of hydrogen-bond acceptors (Lipinski definition) is 3. The van der Waals surface area contributed by atoms with E-state index in [4.69, 9.17) is 5.84 Å². The van der Waals surface area contributed by atoms with Crippen LogP contribution in [0.2, 0.25) is 0 Å². The predicted molar refractivity (Wildman–Crippen MR) is 55.4 cm³/mol. The Hall–Kier alpha value is -0.870. The summed E-state index contributed by atoms with van der Waals surface area (Å²) in [5.41, 5.74) is 5.26. The SMILES string of the molecule is Cc1nn(C)cc1C(NN)C1CCC1. The van der Waals surface area contributed by atoms with Gasteiger partial charge in [-0.05, 0) is 25.7 Å². The predicted octanol–water partition coefficient (Wildman–Crippen LogP) is 1.03. The summed E-state index contributed by atoms with van der Waals surface area (Å²) in [7, 11) is 1.95. The third-order valence-electron chi connectivity index (χ3n) is 3.19. The van der Waals surface area contributed by atoms with Gasteiger partial charge < -0.3 is 0 Å². The van der Waals surface area contributed by atoms with Gasteiger partial charge in [0.05, 0.1) is 11.7 Å². The number of nitrogens with zero attached hydrogens (tertiary/aromatic N) is 2. The number of aromatic nitrogens is 2. The van der Waals surface area contributed by atoms with Crippen LogP contribution in [0.1, 0.15) is 36.6 Å². The molecule has 4 heteroatoms. The third kappa shape index (κ3) is 1.55. The van der Waals surface area contributed by atoms with E-state index in [1.807, 2.05) is 18.7 Å². The van der Waals surface area contributed by atoms with Crippen LogP contribution in [0.15, 0.2) is 6.20 Å². The molecule has 0 bridgehead atoms. The second-order valence-corrected chi connectivity index (χ2v) is 4.18. The molecule has 1 atom stereocenters. The molecular weight excluding hydrogens is 176 g/mol. The van der Waals surface area contributed by atoms with E-state index in [1.165, 1.54) is 24.8 Å². The van der Waals surface area contributed by atoms with E-state index < -0.39 is 0 Å². The monoisotopic (exact) mass is 194 g/mol. The first-order valence-corrected chi connectivity index (χ1v) is 5.18. The van der Waals surface area contributed by atoms with Gasteiger partial charge in [-0.3, -0.25) is 16.0 Å². The molecule has 0 amide bonds. The first-order chi connectivity index (χ1) is 6.72. The number of hydrazine groups is 1. The highest BCUT2D eigenvalue weighted by atomic mass is 15.3. The zero-order chi connectivity index (χ0) is 10.1. The van der Waals surface area contributed by atoms with Crippen LogP contribution >= 0.6 is 0 Å². The summed E-state index contributed by atoms with van der Waals surface area (Å²) >= 11 is 0. The lowest BCUT2D eigenvalue weighted by molar-refractivity contribution is 0.231. The molecule has 2 rings (SSSR count). The summed E-state index contributed by atoms with van der Waals surface area (Å²) in [4.78, 5) is 0. The molecule has 1 aliphatic rings. The van der Waals surface area contributed by atoms with Crippen LogP contribution in [-0.4, -0.2) is 9.78 Å². The molecule has 1 fully saturated rings. The van der Waals surface area contributed by atoms with Gasteiger partial charge in [-0.1, -0.05) is 6.42 Å². The quantitative estimate of drug-likeness (QED) is 0.558. The Morgan fingerprint density at radius 3 is 2.71 bits per heavy atom. The van der Waals surface area contributed by atoms with E-state index in [0.29, 0.717) is 5.92 Å². The van der Waals surface area contributed by atoms with E-state index in [1.54, 1.807) is 0 Å². The highest BCUT2D eigenvalue weighted by Gasteiger charge is 2.29. The van der Waals surface area contributed by atoms with Gasteiger partial charge in [0.25, 0.3) is 0 Å². The molecule has 1 aromatic heterocycles. The molecule has 14 heavy (non-hydrogen) atoms. The Bertz CT molecular complexity index is 314. The maximum absolute atomic E-state index is 5.61. The lowest BCUT2D eigenvalue weighted by Gasteiger charge is -2.33. The van der Waals surface area contributed by atoms with E-state index in [0.717, 1.165) is 5.69 Å². The standard InChI is InChI=1S/C10H18N4/c1-7-9(6-14(2)13-7)10(12-11)8-4-3-5-8/h6,8,10,12H,3-5,11H2,1-2H3. The van der Waals surface area contributed by atoms with Crippen molar-refractivity contribution in [2.75, 3.05) is 0 Å². The van der Waals surface area contributed by atoms with Crippen LogP contribution in [0, 0.1) is 12.8 Å². The highest BCUT2D eigenvalue weighted by molar-refractivity contribution is 5.21. The lowest BCUT2D eigenvalue weighted by Crippen LogP contribution is -2.36. The fourth-order valence-corrected chi connectivity index (χ4v) is 2.18. The molecule has 0 aliphatic heterocycles. The lowest BCUT2D eigenvalue weighted by atomic mass is 9.77. The summed E-state index contributed by atoms with van der Waals surface area (Å²) in [5.74, 6) is 6.30. The zero-order valence-electron chi connectivity index (χ0n) is 8.83. The smallest absolute Gasteiger partial charge is 0.0642 e. The highest BCUT2D eigenvalue weighted by Crippen LogP contribution is 2.37. The van der Waals surface area contributed by atoms with Gasteiger partial charge in [0.1, 0.15) is 0 Å². The van der Waals surface area contributed by atoms with Crippen LogP contribution in [0.3, 0.4) is 0 Å². The van der Waals surface area contributed by atoms with Gasteiger partial charge in [-0.15, -0.1) is 0 Å². The summed E-state index contributed by atoms with van der Waals surface area (Å²) < 4.78 is 1.85. The average molecular weight is 194 g/mol. The Labute approximate surface area is 84.4 Å². The molecule has 1 aliphatic carbocycles. The van der Waals surface area contributed by atoms with Crippen molar-refractivity contribution in [3.05, 3.63) is 17.5 Å². The molecule has 0 aromatic carbocycles. The van der Waals surface area contributed by atoms with Gasteiger partial charge >= 0.3 is 0 Å². The van der Waals surface area contributed by atoms with Gasteiger partial charge in [0.15, 0.2) is 0 Å².